The van der Waals surface area contributed by atoms with E-state index in [0.29, 0.717) is 23.3 Å². The fraction of sp³-hybridized carbons (Fsp3) is 0.438. The molecule has 0 amide bonds. The first-order chi connectivity index (χ1) is 11.2. The van der Waals surface area contributed by atoms with Crippen molar-refractivity contribution in [3.8, 4) is 17.5 Å². The van der Waals surface area contributed by atoms with Crippen LogP contribution >= 0.6 is 15.9 Å². The summed E-state index contributed by atoms with van der Waals surface area (Å²) in [6.07, 6.45) is 3.59. The number of methoxy groups -OCH3 is 1. The molecule has 0 saturated carbocycles. The average molecular weight is 379 g/mol. The molecule has 1 aliphatic heterocycles. The number of para-hydroxylation sites is 1. The Kier molecular flexibility index (Phi) is 4.95. The Hall–Kier alpha value is -1.89. The van der Waals surface area contributed by atoms with E-state index in [2.05, 4.69) is 35.8 Å². The fourth-order valence-electron chi connectivity index (χ4n) is 2.56. The molecule has 0 N–H and O–H groups in total. The van der Waals surface area contributed by atoms with E-state index >= 15 is 0 Å². The predicted molar refractivity (Wildman–Crippen MR) is 91.4 cm³/mol. The van der Waals surface area contributed by atoms with Crippen LogP contribution in [0.5, 0.6) is 17.5 Å². The molecule has 7 heteroatoms. The van der Waals surface area contributed by atoms with Crippen LogP contribution in [0.3, 0.4) is 0 Å². The lowest BCUT2D eigenvalue weighted by atomic mass is 10.1. The van der Waals surface area contributed by atoms with E-state index in [0.717, 1.165) is 17.6 Å². The summed E-state index contributed by atoms with van der Waals surface area (Å²) in [5.41, 5.74) is 0. The van der Waals surface area contributed by atoms with Crippen LogP contribution in [-0.4, -0.2) is 35.2 Å². The molecule has 0 unspecified atom stereocenters. The van der Waals surface area contributed by atoms with Gasteiger partial charge in [0.05, 0.1) is 11.6 Å². The van der Waals surface area contributed by atoms with Crippen LogP contribution in [0.4, 0.5) is 5.95 Å². The zero-order valence-electron chi connectivity index (χ0n) is 13.3. The molecule has 2 heterocycles. The van der Waals surface area contributed by atoms with Gasteiger partial charge >= 0.3 is 6.01 Å². The van der Waals surface area contributed by atoms with E-state index < -0.39 is 0 Å². The molecule has 6 nitrogen and oxygen atoms in total. The number of hydrogen-bond donors (Lipinski definition) is 0. The Morgan fingerprint density at radius 2 is 1.87 bits per heavy atom. The molecule has 2 aromatic rings. The molecule has 1 aromatic heterocycles. The minimum Gasteiger partial charge on any atom is -0.493 e. The van der Waals surface area contributed by atoms with Gasteiger partial charge in [0.2, 0.25) is 5.95 Å². The van der Waals surface area contributed by atoms with Crippen molar-refractivity contribution >= 4 is 21.9 Å². The van der Waals surface area contributed by atoms with Gasteiger partial charge in [-0.15, -0.1) is 0 Å². The summed E-state index contributed by atoms with van der Waals surface area (Å²) in [5, 5.41) is 0. The first kappa shape index (κ1) is 16.0. The molecular formula is C16H19BrN4O2. The van der Waals surface area contributed by atoms with Crippen LogP contribution in [0, 0.1) is 6.92 Å². The van der Waals surface area contributed by atoms with Crippen LogP contribution in [0.1, 0.15) is 25.1 Å². The van der Waals surface area contributed by atoms with Crippen molar-refractivity contribution in [2.24, 2.45) is 0 Å². The Morgan fingerprint density at radius 1 is 1.09 bits per heavy atom. The lowest BCUT2D eigenvalue weighted by Gasteiger charge is -2.26. The molecule has 122 valence electrons. The molecule has 1 aromatic carbocycles. The summed E-state index contributed by atoms with van der Waals surface area (Å²) in [4.78, 5) is 15.4. The molecule has 1 saturated heterocycles. The lowest BCUT2D eigenvalue weighted by Crippen LogP contribution is -2.31. The molecular weight excluding hydrogens is 360 g/mol. The van der Waals surface area contributed by atoms with E-state index in [9.17, 15) is 0 Å². The van der Waals surface area contributed by atoms with Gasteiger partial charge in [0.15, 0.2) is 11.5 Å². The molecule has 23 heavy (non-hydrogen) atoms. The van der Waals surface area contributed by atoms with E-state index in [-0.39, 0.29) is 6.01 Å². The minimum atomic E-state index is 0.281. The number of aromatic nitrogens is 3. The van der Waals surface area contributed by atoms with Crippen molar-refractivity contribution in [1.29, 1.82) is 0 Å². The number of benzene rings is 1. The standard InChI is InChI=1S/C16H19BrN4O2/c1-11-18-15(21-9-4-3-5-10-21)20-16(19-11)23-14-12(17)7-6-8-13(14)22-2/h6-8H,3-5,9-10H2,1-2H3. The van der Waals surface area contributed by atoms with Crippen LogP contribution in [-0.2, 0) is 0 Å². The number of anilines is 1. The van der Waals surface area contributed by atoms with Crippen LogP contribution in [0.2, 0.25) is 0 Å². The molecule has 0 aliphatic carbocycles. The summed E-state index contributed by atoms with van der Waals surface area (Å²) in [6, 6.07) is 5.88. The lowest BCUT2D eigenvalue weighted by molar-refractivity contribution is 0.365. The molecule has 1 aliphatic rings. The highest BCUT2D eigenvalue weighted by atomic mass is 79.9. The second kappa shape index (κ2) is 7.12. The molecule has 0 bridgehead atoms. The van der Waals surface area contributed by atoms with Crippen molar-refractivity contribution < 1.29 is 9.47 Å². The fourth-order valence-corrected chi connectivity index (χ4v) is 2.99. The monoisotopic (exact) mass is 378 g/mol. The maximum absolute atomic E-state index is 5.88. The van der Waals surface area contributed by atoms with Gasteiger partial charge in [0.25, 0.3) is 0 Å². The normalized spacial score (nSPS) is 14.7. The Bertz CT molecular complexity index is 690. The number of aryl methyl sites for hydroxylation is 1. The minimum absolute atomic E-state index is 0.281. The number of hydrogen-bond acceptors (Lipinski definition) is 6. The summed E-state index contributed by atoms with van der Waals surface area (Å²) >= 11 is 3.47. The maximum Gasteiger partial charge on any atom is 0.327 e. The molecule has 0 spiro atoms. The van der Waals surface area contributed by atoms with E-state index in [1.165, 1.54) is 19.3 Å². The number of nitrogens with zero attached hydrogens (tertiary/aromatic N) is 4. The predicted octanol–water partition coefficient (Wildman–Crippen LogP) is 3.73. The topological polar surface area (TPSA) is 60.4 Å². The Balaban J connectivity index is 1.90. The second-order valence-corrected chi connectivity index (χ2v) is 6.24. The van der Waals surface area contributed by atoms with Crippen molar-refractivity contribution in [1.82, 2.24) is 15.0 Å². The molecule has 3 rings (SSSR count). The smallest absolute Gasteiger partial charge is 0.327 e. The first-order valence-corrected chi connectivity index (χ1v) is 8.44. The van der Waals surface area contributed by atoms with Gasteiger partial charge in [-0.3, -0.25) is 0 Å². The zero-order chi connectivity index (χ0) is 16.2. The van der Waals surface area contributed by atoms with Crippen molar-refractivity contribution in [2.45, 2.75) is 26.2 Å². The largest absolute Gasteiger partial charge is 0.493 e. The highest BCUT2D eigenvalue weighted by Crippen LogP contribution is 2.37. The van der Waals surface area contributed by atoms with Crippen molar-refractivity contribution in [3.63, 3.8) is 0 Å². The summed E-state index contributed by atoms with van der Waals surface area (Å²) in [5.74, 6) is 2.50. The van der Waals surface area contributed by atoms with Crippen molar-refractivity contribution in [2.75, 3.05) is 25.1 Å². The van der Waals surface area contributed by atoms with E-state index in [4.69, 9.17) is 9.47 Å². The van der Waals surface area contributed by atoms with Gasteiger partial charge in [0, 0.05) is 13.1 Å². The highest BCUT2D eigenvalue weighted by Gasteiger charge is 2.17. The van der Waals surface area contributed by atoms with Gasteiger partial charge in [-0.05, 0) is 54.2 Å². The number of ether oxygens (including phenoxy) is 2. The molecule has 0 atom stereocenters. The van der Waals surface area contributed by atoms with Gasteiger partial charge in [0.1, 0.15) is 5.82 Å². The third-order valence-electron chi connectivity index (χ3n) is 3.70. The Labute approximate surface area is 144 Å². The number of halogens is 1. The van der Waals surface area contributed by atoms with E-state index in [1.807, 2.05) is 25.1 Å². The zero-order valence-corrected chi connectivity index (χ0v) is 14.8. The van der Waals surface area contributed by atoms with Crippen LogP contribution < -0.4 is 14.4 Å². The Morgan fingerprint density at radius 3 is 2.61 bits per heavy atom. The third-order valence-corrected chi connectivity index (χ3v) is 4.32. The summed E-state index contributed by atoms with van der Waals surface area (Å²) < 4.78 is 12.0. The van der Waals surface area contributed by atoms with Gasteiger partial charge in [-0.25, -0.2) is 0 Å². The highest BCUT2D eigenvalue weighted by molar-refractivity contribution is 9.10. The number of rotatable bonds is 4. The SMILES string of the molecule is COc1cccc(Br)c1Oc1nc(C)nc(N2CCCCC2)n1. The molecule has 1 fully saturated rings. The number of piperidine rings is 1. The van der Waals surface area contributed by atoms with Crippen LogP contribution in [0.25, 0.3) is 0 Å². The van der Waals surface area contributed by atoms with Gasteiger partial charge in [-0.1, -0.05) is 6.07 Å². The average Bonchev–Trinajstić information content (AvgIpc) is 2.57. The van der Waals surface area contributed by atoms with Gasteiger partial charge in [-0.2, -0.15) is 15.0 Å². The van der Waals surface area contributed by atoms with Crippen molar-refractivity contribution in [3.05, 3.63) is 28.5 Å². The van der Waals surface area contributed by atoms with Gasteiger partial charge < -0.3 is 14.4 Å². The van der Waals surface area contributed by atoms with E-state index in [1.54, 1.807) is 7.11 Å². The molecule has 0 radical (unpaired) electrons. The van der Waals surface area contributed by atoms with Crippen LogP contribution in [0.15, 0.2) is 22.7 Å². The maximum atomic E-state index is 5.88. The first-order valence-electron chi connectivity index (χ1n) is 7.65. The summed E-state index contributed by atoms with van der Waals surface area (Å²) in [7, 11) is 1.60. The quantitative estimate of drug-likeness (QED) is 0.807. The summed E-state index contributed by atoms with van der Waals surface area (Å²) in [6.45, 7) is 3.79. The third kappa shape index (κ3) is 3.72. The second-order valence-electron chi connectivity index (χ2n) is 5.39.